The molecule has 2 nitrogen and oxygen atoms in total. The number of benzene rings is 4. The van der Waals surface area contributed by atoms with Crippen molar-refractivity contribution in [1.29, 1.82) is 0 Å². The summed E-state index contributed by atoms with van der Waals surface area (Å²) in [5.74, 6) is 2.98. The Kier molecular flexibility index (Phi) is 7.33. The number of fused-ring (bicyclic) bond motifs is 6. The summed E-state index contributed by atoms with van der Waals surface area (Å²) in [7, 11) is -3.83. The maximum atomic E-state index is 6.73. The van der Waals surface area contributed by atoms with Crippen LogP contribution in [0.5, 0.6) is 11.5 Å². The Hall–Kier alpha value is -2.83. The number of hydrogen-bond donors (Lipinski definition) is 0. The second kappa shape index (κ2) is 10.4. The molecule has 4 aromatic rings. The van der Waals surface area contributed by atoms with Crippen molar-refractivity contribution in [2.75, 3.05) is 0 Å². The highest BCUT2D eigenvalue weighted by Gasteiger charge is 2.40. The third-order valence-electron chi connectivity index (χ3n) is 11.4. The van der Waals surface area contributed by atoms with Crippen molar-refractivity contribution >= 4 is 49.3 Å². The van der Waals surface area contributed by atoms with Gasteiger partial charge in [-0.25, -0.2) is 0 Å². The number of rotatable bonds is 4. The monoisotopic (exact) mass is 620 g/mol. The Morgan fingerprint density at radius 2 is 0.909 bits per heavy atom. The summed E-state index contributed by atoms with van der Waals surface area (Å²) in [5.41, 5.74) is 9.03. The molecular formula is C40H52O2Si2. The molecule has 2 aliphatic rings. The second-order valence-corrected chi connectivity index (χ2v) is 26.2. The van der Waals surface area contributed by atoms with E-state index in [-0.39, 0.29) is 10.1 Å². The Morgan fingerprint density at radius 3 is 1.25 bits per heavy atom. The average molecular weight is 621 g/mol. The minimum atomic E-state index is -1.92. The van der Waals surface area contributed by atoms with Crippen LogP contribution in [0.2, 0.25) is 36.3 Å². The Morgan fingerprint density at radius 1 is 0.545 bits per heavy atom. The third kappa shape index (κ3) is 5.16. The summed E-state index contributed by atoms with van der Waals surface area (Å²) in [4.78, 5) is 0. The zero-order valence-electron chi connectivity index (χ0n) is 29.2. The van der Waals surface area contributed by atoms with Crippen LogP contribution in [0.1, 0.15) is 77.6 Å². The van der Waals surface area contributed by atoms with E-state index in [2.05, 4.69) is 142 Å². The zero-order chi connectivity index (χ0) is 32.0. The van der Waals surface area contributed by atoms with Crippen molar-refractivity contribution < 1.29 is 8.85 Å². The van der Waals surface area contributed by atoms with Crippen molar-refractivity contribution in [2.45, 2.75) is 104 Å². The molecule has 0 saturated heterocycles. The standard InChI is InChI=1S/C40H52O2Si2/c1-25-21-29-15-13-27-23-31(41-43(9,10)39(3,4)5)17-19-33(27)37(29)35(25)36-26(2)22-30-16-14-28-24-32(18-20-34(28)38(30)36)42-44(11,12)40(6,7)8/h13-20,23-26H,21-22H2,1-12H3/b36-35+. The maximum absolute atomic E-state index is 6.73. The molecule has 232 valence electrons. The Labute approximate surface area is 268 Å². The molecule has 0 spiro atoms. The molecule has 4 heteroatoms. The predicted octanol–water partition coefficient (Wildman–Crippen LogP) is 12.1. The van der Waals surface area contributed by atoms with Gasteiger partial charge in [-0.15, -0.1) is 0 Å². The van der Waals surface area contributed by atoms with Crippen molar-refractivity contribution in [3.8, 4) is 11.5 Å². The zero-order valence-corrected chi connectivity index (χ0v) is 31.2. The predicted molar refractivity (Wildman–Crippen MR) is 196 cm³/mol. The molecule has 2 unspecified atom stereocenters. The van der Waals surface area contributed by atoms with E-state index < -0.39 is 16.6 Å². The molecule has 44 heavy (non-hydrogen) atoms. The summed E-state index contributed by atoms with van der Waals surface area (Å²) < 4.78 is 13.5. The van der Waals surface area contributed by atoms with Gasteiger partial charge in [0, 0.05) is 0 Å². The fraction of sp³-hybridized carbons (Fsp3) is 0.450. The van der Waals surface area contributed by atoms with Gasteiger partial charge in [0.1, 0.15) is 11.5 Å². The molecule has 2 aliphatic carbocycles. The van der Waals surface area contributed by atoms with E-state index in [0.29, 0.717) is 11.8 Å². The normalized spacial score (nSPS) is 20.7. The van der Waals surface area contributed by atoms with Crippen LogP contribution in [0.3, 0.4) is 0 Å². The lowest BCUT2D eigenvalue weighted by molar-refractivity contribution is 0.492. The van der Waals surface area contributed by atoms with Crippen LogP contribution in [0, 0.1) is 11.8 Å². The molecule has 0 heterocycles. The van der Waals surface area contributed by atoms with Crippen LogP contribution < -0.4 is 8.85 Å². The lowest BCUT2D eigenvalue weighted by atomic mass is 9.85. The fourth-order valence-corrected chi connectivity index (χ4v) is 8.91. The lowest BCUT2D eigenvalue weighted by Crippen LogP contribution is -2.43. The summed E-state index contributed by atoms with van der Waals surface area (Å²) >= 11 is 0. The first kappa shape index (κ1) is 31.2. The average Bonchev–Trinajstić information content (AvgIpc) is 3.41. The van der Waals surface area contributed by atoms with E-state index in [1.807, 2.05) is 0 Å². The van der Waals surface area contributed by atoms with E-state index in [4.69, 9.17) is 8.85 Å². The number of allylic oxidation sites excluding steroid dienone is 2. The van der Waals surface area contributed by atoms with Gasteiger partial charge in [0.05, 0.1) is 0 Å². The summed E-state index contributed by atoms with van der Waals surface area (Å²) in [5, 5.41) is 5.62. The molecule has 0 fully saturated rings. The molecule has 0 bridgehead atoms. The van der Waals surface area contributed by atoms with Crippen LogP contribution in [-0.2, 0) is 12.8 Å². The summed E-state index contributed by atoms with van der Waals surface area (Å²) in [6.07, 6.45) is 2.20. The minimum absolute atomic E-state index is 0.166. The molecule has 0 saturated carbocycles. The van der Waals surface area contributed by atoms with Crippen LogP contribution in [0.15, 0.2) is 60.7 Å². The highest BCUT2D eigenvalue weighted by atomic mass is 28.4. The molecule has 0 radical (unpaired) electrons. The van der Waals surface area contributed by atoms with Crippen LogP contribution >= 0.6 is 0 Å². The Balaban J connectivity index is 1.48. The van der Waals surface area contributed by atoms with Gasteiger partial charge in [-0.3, -0.25) is 0 Å². The topological polar surface area (TPSA) is 18.5 Å². The molecule has 0 aliphatic heterocycles. The van der Waals surface area contributed by atoms with Crippen LogP contribution in [-0.4, -0.2) is 16.6 Å². The maximum Gasteiger partial charge on any atom is 0.250 e. The smallest absolute Gasteiger partial charge is 0.250 e. The molecule has 0 amide bonds. The molecule has 6 rings (SSSR count). The van der Waals surface area contributed by atoms with E-state index in [1.165, 1.54) is 43.8 Å². The highest BCUT2D eigenvalue weighted by molar-refractivity contribution is 6.75. The minimum Gasteiger partial charge on any atom is -0.543 e. The van der Waals surface area contributed by atoms with Crippen molar-refractivity contribution in [3.63, 3.8) is 0 Å². The van der Waals surface area contributed by atoms with Gasteiger partial charge in [0.25, 0.3) is 0 Å². The van der Waals surface area contributed by atoms with Crippen LogP contribution in [0.4, 0.5) is 0 Å². The first-order valence-corrected chi connectivity index (χ1v) is 22.4. The largest absolute Gasteiger partial charge is 0.543 e. The van der Waals surface area contributed by atoms with Gasteiger partial charge in [0.15, 0.2) is 0 Å². The van der Waals surface area contributed by atoms with E-state index in [0.717, 1.165) is 24.3 Å². The fourth-order valence-electron chi connectivity index (χ4n) is 6.86. The molecular weight excluding hydrogens is 569 g/mol. The lowest BCUT2D eigenvalue weighted by Gasteiger charge is -2.36. The van der Waals surface area contributed by atoms with Crippen molar-refractivity contribution in [1.82, 2.24) is 0 Å². The van der Waals surface area contributed by atoms with Gasteiger partial charge >= 0.3 is 0 Å². The molecule has 0 aromatic heterocycles. The van der Waals surface area contributed by atoms with E-state index in [1.54, 1.807) is 11.1 Å². The van der Waals surface area contributed by atoms with Crippen molar-refractivity contribution in [3.05, 3.63) is 82.9 Å². The first-order valence-electron chi connectivity index (χ1n) is 16.6. The van der Waals surface area contributed by atoms with Gasteiger partial charge < -0.3 is 8.85 Å². The summed E-state index contributed by atoms with van der Waals surface area (Å²) in [6, 6.07) is 23.1. The summed E-state index contributed by atoms with van der Waals surface area (Å²) in [6.45, 7) is 28.0. The highest BCUT2D eigenvalue weighted by Crippen LogP contribution is 2.52. The van der Waals surface area contributed by atoms with E-state index >= 15 is 0 Å². The van der Waals surface area contributed by atoms with Gasteiger partial charge in [-0.05, 0) is 140 Å². The Bertz CT molecular complexity index is 1680. The SMILES string of the molecule is CC1Cc2ccc3cc(O[Si](C)(C)C(C)(C)C)ccc3c2/C1=C1/c2c(ccc3cc(O[Si](C)(C)C(C)(C)C)ccc23)CC1C. The molecule has 2 atom stereocenters. The number of hydrogen-bond acceptors (Lipinski definition) is 2. The van der Waals surface area contributed by atoms with Crippen molar-refractivity contribution in [2.24, 2.45) is 11.8 Å². The van der Waals surface area contributed by atoms with Gasteiger partial charge in [-0.1, -0.05) is 91.8 Å². The van der Waals surface area contributed by atoms with Crippen LogP contribution in [0.25, 0.3) is 32.7 Å². The van der Waals surface area contributed by atoms with E-state index in [9.17, 15) is 0 Å². The second-order valence-electron chi connectivity index (χ2n) is 16.7. The quantitative estimate of drug-likeness (QED) is 0.211. The first-order chi connectivity index (χ1) is 20.4. The third-order valence-corrected chi connectivity index (χ3v) is 20.1. The molecule has 4 aromatic carbocycles. The molecule has 0 N–H and O–H groups in total. The van der Waals surface area contributed by atoms with Gasteiger partial charge in [0.2, 0.25) is 16.6 Å². The van der Waals surface area contributed by atoms with Gasteiger partial charge in [-0.2, -0.15) is 0 Å².